The van der Waals surface area contributed by atoms with Gasteiger partial charge in [-0.1, -0.05) is 47.6 Å². The third kappa shape index (κ3) is 8.01. The summed E-state index contributed by atoms with van der Waals surface area (Å²) in [7, 11) is 0. The van der Waals surface area contributed by atoms with E-state index in [2.05, 4.69) is 15.3 Å². The number of nitrogens with one attached hydrogen (secondary N) is 1. The van der Waals surface area contributed by atoms with Crippen molar-refractivity contribution < 1.29 is 14.3 Å². The minimum absolute atomic E-state index is 0.141. The molecule has 2 aromatic rings. The Morgan fingerprint density at radius 3 is 2.39 bits per heavy atom. The van der Waals surface area contributed by atoms with Gasteiger partial charge in [0.15, 0.2) is 0 Å². The molecule has 0 aliphatic rings. The summed E-state index contributed by atoms with van der Waals surface area (Å²) in [5, 5.41) is 6.34. The Balaban J connectivity index is 1.93. The minimum atomic E-state index is -0.592. The van der Waals surface area contributed by atoms with Gasteiger partial charge in [-0.2, -0.15) is 0 Å². The number of alkyl carbamates (subject to hydrolysis) is 1. The van der Waals surface area contributed by atoms with Crippen LogP contribution in [0.2, 0.25) is 0 Å². The van der Waals surface area contributed by atoms with Crippen LogP contribution in [0.1, 0.15) is 31.9 Å². The highest BCUT2D eigenvalue weighted by Crippen LogP contribution is 2.16. The topological polar surface area (TPSA) is 96.3 Å². The van der Waals surface area contributed by atoms with Crippen LogP contribution < -0.4 is 10.1 Å². The van der Waals surface area contributed by atoms with Gasteiger partial charge in [-0.15, -0.1) is 0 Å². The molecule has 2 rings (SSSR count). The summed E-state index contributed by atoms with van der Waals surface area (Å²) in [5.74, 6) is 0.763. The third-order valence-corrected chi connectivity index (χ3v) is 3.74. The molecule has 7 heteroatoms. The lowest BCUT2D eigenvalue weighted by molar-refractivity contribution is 0.0506. The van der Waals surface area contributed by atoms with E-state index in [9.17, 15) is 4.79 Å². The largest absolute Gasteiger partial charge is 0.489 e. The molecular weight excluding hydrogens is 356 g/mol. The van der Waals surface area contributed by atoms with Crippen LogP contribution >= 0.6 is 0 Å². The molecule has 0 saturated carbocycles. The highest BCUT2D eigenvalue weighted by Gasteiger charge is 2.19. The second-order valence-electron chi connectivity index (χ2n) is 7.38. The van der Waals surface area contributed by atoms with E-state index in [0.717, 1.165) is 16.9 Å². The number of nitrogens with zero attached hydrogens (tertiary/aromatic N) is 3. The van der Waals surface area contributed by atoms with Crippen molar-refractivity contribution >= 4 is 6.09 Å². The van der Waals surface area contributed by atoms with E-state index in [1.165, 1.54) is 0 Å². The van der Waals surface area contributed by atoms with E-state index in [0.29, 0.717) is 13.0 Å². The highest BCUT2D eigenvalue weighted by atomic mass is 16.6. The maximum atomic E-state index is 12.0. The summed E-state index contributed by atoms with van der Waals surface area (Å²) >= 11 is 0. The normalized spacial score (nSPS) is 11.8. The van der Waals surface area contributed by atoms with Gasteiger partial charge in [0.05, 0.1) is 0 Å². The van der Waals surface area contributed by atoms with Gasteiger partial charge in [-0.25, -0.2) is 4.79 Å². The first-order valence-corrected chi connectivity index (χ1v) is 9.12. The van der Waals surface area contributed by atoms with E-state index in [-0.39, 0.29) is 12.6 Å². The molecule has 1 unspecified atom stereocenters. The molecule has 148 valence electrons. The van der Waals surface area contributed by atoms with Crippen molar-refractivity contribution in [3.05, 3.63) is 76.2 Å². The molecule has 0 bridgehead atoms. The summed E-state index contributed by atoms with van der Waals surface area (Å²) in [6.07, 6.45) is -0.0227. The summed E-state index contributed by atoms with van der Waals surface area (Å²) in [4.78, 5) is 14.8. The van der Waals surface area contributed by atoms with Crippen molar-refractivity contribution in [2.75, 3.05) is 6.54 Å². The zero-order valence-corrected chi connectivity index (χ0v) is 16.5. The first kappa shape index (κ1) is 21.1. The van der Waals surface area contributed by atoms with Crippen LogP contribution in [-0.2, 0) is 17.8 Å². The van der Waals surface area contributed by atoms with Crippen LogP contribution in [0.5, 0.6) is 5.75 Å². The number of hydrogen-bond acceptors (Lipinski definition) is 4. The molecule has 1 amide bonds. The Morgan fingerprint density at radius 1 is 1.11 bits per heavy atom. The standard InChI is InChI=1S/C21H26N4O3/c1-21(2,3)28-20(26)24-18(14-23-25-22)13-16-9-11-19(12-10-16)27-15-17-7-5-4-6-8-17/h4-12,18H,13-15H2,1-3H3,(H,24,26). The molecule has 0 saturated heterocycles. The summed E-state index contributed by atoms with van der Waals surface area (Å²) in [6, 6.07) is 17.2. The average Bonchev–Trinajstić information content (AvgIpc) is 2.65. The molecule has 0 heterocycles. The smallest absolute Gasteiger partial charge is 0.407 e. The first-order chi connectivity index (χ1) is 13.4. The maximum Gasteiger partial charge on any atom is 0.407 e. The lowest BCUT2D eigenvalue weighted by Crippen LogP contribution is -2.41. The zero-order chi connectivity index (χ0) is 20.4. The molecule has 7 nitrogen and oxygen atoms in total. The van der Waals surface area contributed by atoms with Crippen LogP contribution in [0.25, 0.3) is 10.4 Å². The van der Waals surface area contributed by atoms with Crippen LogP contribution in [0, 0.1) is 0 Å². The molecule has 2 aromatic carbocycles. The predicted octanol–water partition coefficient (Wildman–Crippen LogP) is 5.01. The van der Waals surface area contributed by atoms with Gasteiger partial charge in [-0.05, 0) is 56.0 Å². The first-order valence-electron chi connectivity index (χ1n) is 9.12. The van der Waals surface area contributed by atoms with Gasteiger partial charge in [-0.3, -0.25) is 0 Å². The molecule has 0 spiro atoms. The second kappa shape index (κ2) is 10.2. The monoisotopic (exact) mass is 382 g/mol. The Labute approximate surface area is 165 Å². The van der Waals surface area contributed by atoms with Gasteiger partial charge in [0, 0.05) is 17.5 Å². The molecule has 0 aliphatic heterocycles. The Hall–Kier alpha value is -3.18. The summed E-state index contributed by atoms with van der Waals surface area (Å²) in [5.41, 5.74) is 10.1. The maximum absolute atomic E-state index is 12.0. The van der Waals surface area contributed by atoms with Crippen molar-refractivity contribution in [1.29, 1.82) is 0 Å². The molecule has 1 atom stereocenters. The van der Waals surface area contributed by atoms with Crippen molar-refractivity contribution in [2.24, 2.45) is 5.11 Å². The quantitative estimate of drug-likeness (QED) is 0.395. The van der Waals surface area contributed by atoms with Gasteiger partial charge in [0.2, 0.25) is 0 Å². The van der Waals surface area contributed by atoms with Crippen LogP contribution in [0.15, 0.2) is 59.7 Å². The summed E-state index contributed by atoms with van der Waals surface area (Å²) in [6.45, 7) is 6.03. The van der Waals surface area contributed by atoms with E-state index in [1.807, 2.05) is 54.6 Å². The van der Waals surface area contributed by atoms with Gasteiger partial charge in [0.1, 0.15) is 18.0 Å². The average molecular weight is 382 g/mol. The number of carbonyl (C=O) groups is 1. The predicted molar refractivity (Wildman–Crippen MR) is 108 cm³/mol. The van der Waals surface area contributed by atoms with Gasteiger partial charge in [0.25, 0.3) is 0 Å². The molecule has 0 aromatic heterocycles. The lowest BCUT2D eigenvalue weighted by atomic mass is 10.1. The van der Waals surface area contributed by atoms with E-state index < -0.39 is 11.7 Å². The number of amides is 1. The molecule has 0 radical (unpaired) electrons. The third-order valence-electron chi connectivity index (χ3n) is 3.74. The Morgan fingerprint density at radius 2 is 1.79 bits per heavy atom. The van der Waals surface area contributed by atoms with Crippen LogP contribution in [0.3, 0.4) is 0 Å². The van der Waals surface area contributed by atoms with E-state index in [1.54, 1.807) is 20.8 Å². The number of rotatable bonds is 8. The van der Waals surface area contributed by atoms with Gasteiger partial charge < -0.3 is 14.8 Å². The van der Waals surface area contributed by atoms with Gasteiger partial charge >= 0.3 is 6.09 Å². The Bertz CT molecular complexity index is 795. The number of carbonyl (C=O) groups excluding carboxylic acids is 1. The molecular formula is C21H26N4O3. The van der Waals surface area contributed by atoms with E-state index in [4.69, 9.17) is 15.0 Å². The number of ether oxygens (including phenoxy) is 2. The molecule has 28 heavy (non-hydrogen) atoms. The zero-order valence-electron chi connectivity index (χ0n) is 16.5. The van der Waals surface area contributed by atoms with E-state index >= 15 is 0 Å². The highest BCUT2D eigenvalue weighted by molar-refractivity contribution is 5.68. The second-order valence-corrected chi connectivity index (χ2v) is 7.38. The molecule has 0 fully saturated rings. The minimum Gasteiger partial charge on any atom is -0.489 e. The SMILES string of the molecule is CC(C)(C)OC(=O)NC(CN=[N+]=[N-])Cc1ccc(OCc2ccccc2)cc1. The fraction of sp³-hybridized carbons (Fsp3) is 0.381. The van der Waals surface area contributed by atoms with Crippen LogP contribution in [-0.4, -0.2) is 24.3 Å². The van der Waals surface area contributed by atoms with Crippen molar-refractivity contribution in [1.82, 2.24) is 5.32 Å². The number of azide groups is 1. The van der Waals surface area contributed by atoms with Crippen molar-refractivity contribution in [3.63, 3.8) is 0 Å². The van der Waals surface area contributed by atoms with Crippen LogP contribution in [0.4, 0.5) is 4.79 Å². The lowest BCUT2D eigenvalue weighted by Gasteiger charge is -2.23. The Kier molecular flexibility index (Phi) is 7.72. The van der Waals surface area contributed by atoms with Crippen molar-refractivity contribution in [3.8, 4) is 5.75 Å². The summed E-state index contributed by atoms with van der Waals surface area (Å²) < 4.78 is 11.1. The number of benzene rings is 2. The molecule has 1 N–H and O–H groups in total. The molecule has 0 aliphatic carbocycles. The fourth-order valence-corrected chi connectivity index (χ4v) is 2.52. The number of hydrogen-bond donors (Lipinski definition) is 1. The van der Waals surface area contributed by atoms with Crippen molar-refractivity contribution in [2.45, 2.75) is 45.4 Å². The fourth-order valence-electron chi connectivity index (χ4n) is 2.52.